The van der Waals surface area contributed by atoms with Gasteiger partial charge >= 0.3 is 6.09 Å². The molecule has 1 aromatic rings. The highest BCUT2D eigenvalue weighted by molar-refractivity contribution is 9.10. The highest BCUT2D eigenvalue weighted by Crippen LogP contribution is 2.17. The van der Waals surface area contributed by atoms with E-state index in [1.165, 1.54) is 0 Å². The molecule has 0 bridgehead atoms. The Bertz CT molecular complexity index is 432. The van der Waals surface area contributed by atoms with Gasteiger partial charge < -0.3 is 15.8 Å². The van der Waals surface area contributed by atoms with E-state index in [4.69, 9.17) is 10.5 Å². The first kappa shape index (κ1) is 15.9. The van der Waals surface area contributed by atoms with Gasteiger partial charge in [-0.05, 0) is 48.3 Å². The molecule has 1 rings (SSSR count). The van der Waals surface area contributed by atoms with Crippen molar-refractivity contribution in [2.75, 3.05) is 13.1 Å². The molecule has 1 unspecified atom stereocenters. The number of nitrogens with zero attached hydrogens (tertiary/aromatic N) is 1. The summed E-state index contributed by atoms with van der Waals surface area (Å²) in [5.74, 6) is 0.0116. The predicted octanol–water partition coefficient (Wildman–Crippen LogP) is 2.41. The molecular weight excluding hydrogens is 310 g/mol. The van der Waals surface area contributed by atoms with Crippen molar-refractivity contribution in [3.63, 3.8) is 0 Å². The fraction of sp³-hybridized carbons (Fsp3) is 0.538. The average molecular weight is 330 g/mol. The van der Waals surface area contributed by atoms with Crippen molar-refractivity contribution in [1.82, 2.24) is 10.3 Å². The second-order valence-electron chi connectivity index (χ2n) is 5.25. The lowest BCUT2D eigenvalue weighted by Gasteiger charge is -2.21. The van der Waals surface area contributed by atoms with Crippen molar-refractivity contribution in [2.45, 2.75) is 32.3 Å². The van der Waals surface area contributed by atoms with Crippen LogP contribution in [0.1, 0.15) is 32.3 Å². The van der Waals surface area contributed by atoms with Gasteiger partial charge in [0.2, 0.25) is 0 Å². The van der Waals surface area contributed by atoms with Gasteiger partial charge in [0, 0.05) is 35.9 Å². The molecule has 0 spiro atoms. The number of rotatable bonds is 4. The third-order valence-corrected chi connectivity index (χ3v) is 2.81. The second-order valence-corrected chi connectivity index (χ2v) is 6.17. The number of carbonyl (C=O) groups is 1. The first-order chi connectivity index (χ1) is 8.81. The molecule has 0 aromatic carbocycles. The van der Waals surface area contributed by atoms with Gasteiger partial charge in [0.15, 0.2) is 0 Å². The fourth-order valence-electron chi connectivity index (χ4n) is 1.51. The molecule has 0 aliphatic heterocycles. The predicted molar refractivity (Wildman–Crippen MR) is 78.0 cm³/mol. The number of nitrogens with two attached hydrogens (primary N) is 1. The van der Waals surface area contributed by atoms with Crippen molar-refractivity contribution in [3.05, 3.63) is 28.5 Å². The molecule has 1 amide bonds. The van der Waals surface area contributed by atoms with Crippen LogP contribution in [0.15, 0.2) is 22.9 Å². The maximum Gasteiger partial charge on any atom is 0.407 e. The lowest BCUT2D eigenvalue weighted by Crippen LogP contribution is -2.36. The number of aromatic nitrogens is 1. The molecule has 3 N–H and O–H groups in total. The number of halogens is 1. The third kappa shape index (κ3) is 6.02. The first-order valence-electron chi connectivity index (χ1n) is 6.09. The zero-order valence-electron chi connectivity index (χ0n) is 11.4. The molecule has 19 heavy (non-hydrogen) atoms. The number of hydrogen-bond donors (Lipinski definition) is 2. The van der Waals surface area contributed by atoms with E-state index >= 15 is 0 Å². The summed E-state index contributed by atoms with van der Waals surface area (Å²) in [5.41, 5.74) is 6.21. The van der Waals surface area contributed by atoms with E-state index in [0.717, 1.165) is 10.0 Å². The summed E-state index contributed by atoms with van der Waals surface area (Å²) in [5, 5.41) is 2.72. The van der Waals surface area contributed by atoms with Crippen LogP contribution < -0.4 is 11.1 Å². The van der Waals surface area contributed by atoms with Gasteiger partial charge in [0.1, 0.15) is 5.60 Å². The minimum atomic E-state index is -0.500. The number of ether oxygens (including phenoxy) is 1. The molecular formula is C13H20BrN3O2. The largest absolute Gasteiger partial charge is 0.444 e. The van der Waals surface area contributed by atoms with Crippen LogP contribution in [0.2, 0.25) is 0 Å². The zero-order valence-corrected chi connectivity index (χ0v) is 13.0. The molecule has 0 fully saturated rings. The van der Waals surface area contributed by atoms with Gasteiger partial charge in [0.25, 0.3) is 0 Å². The van der Waals surface area contributed by atoms with Gasteiger partial charge in [-0.15, -0.1) is 0 Å². The van der Waals surface area contributed by atoms with Gasteiger partial charge in [-0.3, -0.25) is 4.98 Å². The average Bonchev–Trinajstić information content (AvgIpc) is 2.27. The minimum absolute atomic E-state index is 0.0116. The van der Waals surface area contributed by atoms with Crippen LogP contribution >= 0.6 is 15.9 Å². The Morgan fingerprint density at radius 3 is 2.74 bits per heavy atom. The molecule has 1 atom stereocenters. The van der Waals surface area contributed by atoms with Gasteiger partial charge in [-0.1, -0.05) is 0 Å². The molecule has 0 saturated carbocycles. The van der Waals surface area contributed by atoms with E-state index in [1.807, 2.05) is 26.8 Å². The van der Waals surface area contributed by atoms with Crippen LogP contribution in [-0.4, -0.2) is 29.8 Å². The summed E-state index contributed by atoms with van der Waals surface area (Å²) in [4.78, 5) is 15.7. The number of nitrogens with one attached hydrogen (secondary N) is 1. The summed E-state index contributed by atoms with van der Waals surface area (Å²) < 4.78 is 6.07. The quantitative estimate of drug-likeness (QED) is 0.889. The molecule has 0 saturated heterocycles. The smallest absolute Gasteiger partial charge is 0.407 e. The molecule has 1 aromatic heterocycles. The number of amides is 1. The van der Waals surface area contributed by atoms with Crippen molar-refractivity contribution in [2.24, 2.45) is 5.73 Å². The van der Waals surface area contributed by atoms with E-state index < -0.39 is 11.7 Å². The van der Waals surface area contributed by atoms with Crippen molar-refractivity contribution in [3.8, 4) is 0 Å². The van der Waals surface area contributed by atoms with Crippen molar-refractivity contribution < 1.29 is 9.53 Å². The number of pyridine rings is 1. The van der Waals surface area contributed by atoms with Crippen LogP contribution in [-0.2, 0) is 4.74 Å². The SMILES string of the molecule is CC(C)(C)OC(=O)NCC(CN)c1cncc(Br)c1. The lowest BCUT2D eigenvalue weighted by atomic mass is 10.0. The van der Waals surface area contributed by atoms with E-state index in [0.29, 0.717) is 13.1 Å². The molecule has 0 radical (unpaired) electrons. The highest BCUT2D eigenvalue weighted by atomic mass is 79.9. The highest BCUT2D eigenvalue weighted by Gasteiger charge is 2.18. The van der Waals surface area contributed by atoms with Crippen LogP contribution in [0.4, 0.5) is 4.79 Å². The van der Waals surface area contributed by atoms with Crippen LogP contribution in [0.25, 0.3) is 0 Å². The van der Waals surface area contributed by atoms with E-state index in [2.05, 4.69) is 26.2 Å². The Balaban J connectivity index is 2.56. The van der Waals surface area contributed by atoms with Crippen molar-refractivity contribution >= 4 is 22.0 Å². The Kier molecular flexibility index (Phi) is 5.75. The van der Waals surface area contributed by atoms with Gasteiger partial charge in [0.05, 0.1) is 0 Å². The van der Waals surface area contributed by atoms with E-state index in [-0.39, 0.29) is 5.92 Å². The maximum absolute atomic E-state index is 11.6. The maximum atomic E-state index is 11.6. The Morgan fingerprint density at radius 1 is 1.53 bits per heavy atom. The summed E-state index contributed by atoms with van der Waals surface area (Å²) in [7, 11) is 0. The lowest BCUT2D eigenvalue weighted by molar-refractivity contribution is 0.0525. The summed E-state index contributed by atoms with van der Waals surface area (Å²) in [6.07, 6.45) is 3.02. The normalized spacial score (nSPS) is 12.9. The molecule has 5 nitrogen and oxygen atoms in total. The molecule has 106 valence electrons. The summed E-state index contributed by atoms with van der Waals surface area (Å²) in [6, 6.07) is 1.95. The standard InChI is InChI=1S/C13H20BrN3O2/c1-13(2,3)19-12(18)17-7-10(5-15)9-4-11(14)8-16-6-9/h4,6,8,10H,5,7,15H2,1-3H3,(H,17,18). The Hall–Kier alpha value is -1.14. The van der Waals surface area contributed by atoms with E-state index in [1.54, 1.807) is 12.4 Å². The summed E-state index contributed by atoms with van der Waals surface area (Å²) >= 11 is 3.36. The molecule has 0 aliphatic carbocycles. The van der Waals surface area contributed by atoms with Crippen LogP contribution in [0, 0.1) is 0 Å². The fourth-order valence-corrected chi connectivity index (χ4v) is 1.89. The monoisotopic (exact) mass is 329 g/mol. The Morgan fingerprint density at radius 2 is 2.21 bits per heavy atom. The number of hydrogen-bond acceptors (Lipinski definition) is 4. The van der Waals surface area contributed by atoms with E-state index in [9.17, 15) is 4.79 Å². The molecule has 0 aliphatic rings. The third-order valence-electron chi connectivity index (χ3n) is 2.37. The topological polar surface area (TPSA) is 77.2 Å². The first-order valence-corrected chi connectivity index (χ1v) is 6.88. The molecule has 6 heteroatoms. The second kappa shape index (κ2) is 6.86. The zero-order chi connectivity index (χ0) is 14.5. The Labute approximate surface area is 122 Å². The van der Waals surface area contributed by atoms with Gasteiger partial charge in [-0.25, -0.2) is 4.79 Å². The van der Waals surface area contributed by atoms with Gasteiger partial charge in [-0.2, -0.15) is 0 Å². The number of carbonyl (C=O) groups excluding carboxylic acids is 1. The minimum Gasteiger partial charge on any atom is -0.444 e. The van der Waals surface area contributed by atoms with Crippen LogP contribution in [0.5, 0.6) is 0 Å². The van der Waals surface area contributed by atoms with Crippen LogP contribution in [0.3, 0.4) is 0 Å². The summed E-state index contributed by atoms with van der Waals surface area (Å²) in [6.45, 7) is 6.32. The van der Waals surface area contributed by atoms with Crippen molar-refractivity contribution in [1.29, 1.82) is 0 Å². The number of alkyl carbamates (subject to hydrolysis) is 1. The molecule has 1 heterocycles.